The van der Waals surface area contributed by atoms with Crippen LogP contribution in [0.3, 0.4) is 0 Å². The lowest BCUT2D eigenvalue weighted by molar-refractivity contribution is 1.62. The van der Waals surface area contributed by atoms with Crippen molar-refractivity contribution in [3.05, 3.63) is 181 Å². The van der Waals surface area contributed by atoms with E-state index in [0.717, 1.165) is 0 Å². The van der Waals surface area contributed by atoms with Crippen molar-refractivity contribution >= 4 is 43.1 Å². The second-order valence-corrected chi connectivity index (χ2v) is 10.3. The molecule has 0 heteroatoms. The van der Waals surface area contributed by atoms with Gasteiger partial charge >= 0.3 is 0 Å². The van der Waals surface area contributed by atoms with Crippen molar-refractivity contribution in [3.8, 4) is 44.5 Å². The largest absolute Gasteiger partial charge is 0.0636 e. The van der Waals surface area contributed by atoms with E-state index in [1.165, 1.54) is 0 Å². The molecule has 9 aromatic rings. The lowest BCUT2D eigenvalue weighted by Gasteiger charge is -2.20. The Hall–Kier alpha value is -5.98. The minimum atomic E-state index is -0.996. The molecule has 0 amide bonds. The van der Waals surface area contributed by atoms with E-state index in [2.05, 4.69) is 0 Å². The molecule has 214 valence electrons. The summed E-state index contributed by atoms with van der Waals surface area (Å²) >= 11 is 0. The highest BCUT2D eigenvalue weighted by Crippen LogP contribution is 2.46. The first-order valence-corrected chi connectivity index (χ1v) is 14.1. The molecule has 0 bridgehead atoms. The molecule has 0 fully saturated rings. The third-order valence-corrected chi connectivity index (χ3v) is 7.68. The minimum Gasteiger partial charge on any atom is -0.0622 e. The summed E-state index contributed by atoms with van der Waals surface area (Å²) in [7, 11) is 0. The summed E-state index contributed by atoms with van der Waals surface area (Å²) in [6.07, 6.45) is 0. The van der Waals surface area contributed by atoms with E-state index < -0.39 is 194 Å². The fraction of sp³-hybridized carbons (Fsp3) is 0. The molecule has 0 atom stereocenters. The highest BCUT2D eigenvalue weighted by atomic mass is 14.2. The summed E-state index contributed by atoms with van der Waals surface area (Å²) in [4.78, 5) is 0. The number of hydrogen-bond acceptors (Lipinski definition) is 0. The monoisotopic (exact) mass is 605 g/mol. The van der Waals surface area contributed by atoms with Crippen LogP contribution in [0, 0.1) is 0 Å². The van der Waals surface area contributed by atoms with Gasteiger partial charge in [0.05, 0.1) is 31.5 Å². The normalized spacial score (nSPS) is 18.5. The summed E-state index contributed by atoms with van der Waals surface area (Å²) < 4.78 is 207. The smallest absolute Gasteiger partial charge is 0.0622 e. The second kappa shape index (κ2) is 10.9. The van der Waals surface area contributed by atoms with Crippen LogP contribution < -0.4 is 0 Å². The number of fused-ring (bicyclic) bond motifs is 4. The maximum Gasteiger partial charge on any atom is 0.0636 e. The average Bonchev–Trinajstić information content (AvgIpc) is 3.33. The third-order valence-electron chi connectivity index (χ3n) is 7.68. The zero-order valence-corrected chi connectivity index (χ0v) is 23.5. The molecule has 0 aromatic heterocycles. The van der Waals surface area contributed by atoms with Crippen LogP contribution in [0.4, 0.5) is 0 Å². The van der Waals surface area contributed by atoms with Crippen LogP contribution >= 0.6 is 0 Å². The highest BCUT2D eigenvalue weighted by molar-refractivity contribution is 6.24. The van der Waals surface area contributed by atoms with Crippen LogP contribution in [0.5, 0.6) is 0 Å². The predicted octanol–water partition coefficient (Wildman–Crippen LogP) is 13.0. The van der Waals surface area contributed by atoms with Crippen molar-refractivity contribution in [2.75, 3.05) is 0 Å². The molecule has 0 aliphatic rings. The fourth-order valence-electron chi connectivity index (χ4n) is 5.65. The maximum absolute atomic E-state index is 9.98. The van der Waals surface area contributed by atoms with Crippen molar-refractivity contribution in [1.29, 1.82) is 0 Å². The van der Waals surface area contributed by atoms with E-state index in [9.17, 15) is 12.3 Å². The van der Waals surface area contributed by atoms with Gasteiger partial charge in [0.2, 0.25) is 0 Å². The van der Waals surface area contributed by atoms with Gasteiger partial charge in [0.1, 0.15) is 0 Å². The summed E-state index contributed by atoms with van der Waals surface area (Å²) in [6, 6.07) is -7.46. The van der Waals surface area contributed by atoms with Gasteiger partial charge in [-0.3, -0.25) is 0 Å². The molecule has 46 heavy (non-hydrogen) atoms. The molecule has 0 unspecified atom stereocenters. The third kappa shape index (κ3) is 4.38. The van der Waals surface area contributed by atoms with Gasteiger partial charge in [0.15, 0.2) is 0 Å². The van der Waals surface area contributed by atoms with Crippen molar-refractivity contribution in [1.82, 2.24) is 0 Å². The average molecular weight is 606 g/mol. The van der Waals surface area contributed by atoms with Crippen molar-refractivity contribution in [3.63, 3.8) is 0 Å². The van der Waals surface area contributed by atoms with Crippen molar-refractivity contribution in [2.45, 2.75) is 0 Å². The molecule has 0 saturated heterocycles. The standard InChI is InChI=1S/C46H30/c1-2-11-31(12-3-1)38-27-28-43-44(30-38)45(35-24-21-33(22-25-35)37-26-23-32-13-4-5-15-36(32)29-37)41-18-8-9-19-42(41)46(43)40-20-10-16-34-14-6-7-17-39(34)40/h1-30H/i1D,2D,3D,4D,5D,8D,9D,11D,12D,13D,15D,18D,19D,21D,22D,23D,24D,25D,26D,27D,28D,29D,30D. The molecular weight excluding hydrogens is 553 g/mol. The molecule has 0 spiro atoms. The summed E-state index contributed by atoms with van der Waals surface area (Å²) in [6.45, 7) is 0. The molecule has 9 rings (SSSR count). The Balaban J connectivity index is 1.58. The van der Waals surface area contributed by atoms with Gasteiger partial charge in [-0.2, -0.15) is 0 Å². The maximum atomic E-state index is 9.98. The van der Waals surface area contributed by atoms with Crippen LogP contribution in [-0.4, -0.2) is 0 Å². The lowest BCUT2D eigenvalue weighted by atomic mass is 9.83. The molecule has 0 radical (unpaired) electrons. The van der Waals surface area contributed by atoms with Crippen LogP contribution in [0.2, 0.25) is 0 Å². The van der Waals surface area contributed by atoms with Crippen LogP contribution in [-0.2, 0) is 0 Å². The number of hydrogen-bond donors (Lipinski definition) is 0. The van der Waals surface area contributed by atoms with Gasteiger partial charge in [-0.1, -0.05) is 169 Å². The molecule has 0 heterocycles. The zero-order valence-electron chi connectivity index (χ0n) is 46.5. The Morgan fingerprint density at radius 1 is 0.304 bits per heavy atom. The SMILES string of the molecule is [2H]c1c([2H])c([2H])c(-c2c([2H])c([2H])c3c(-c4cccc5ccccc45)c4c([2H])c([2H])c([2H])c([2H])c4c(-c4c([2H])c([2H])c(-c5c([2H])c([2H])c6c([2H])c([2H])c([2H])c([2H])c6c5[2H])c([2H])c4[2H])c3c2[2H])c([2H])c1[2H]. The quantitative estimate of drug-likeness (QED) is 0.175. The van der Waals surface area contributed by atoms with E-state index in [4.69, 9.17) is 19.2 Å². The molecule has 0 N–H and O–H groups in total. The van der Waals surface area contributed by atoms with Gasteiger partial charge < -0.3 is 0 Å². The first kappa shape index (κ1) is 12.1. The Labute approximate surface area is 301 Å². The van der Waals surface area contributed by atoms with Gasteiger partial charge in [-0.05, 0) is 99.7 Å². The lowest BCUT2D eigenvalue weighted by Crippen LogP contribution is -1.92. The molecule has 0 nitrogen and oxygen atoms in total. The summed E-state index contributed by atoms with van der Waals surface area (Å²) in [5, 5.41) is -1.63. The van der Waals surface area contributed by atoms with E-state index in [0.29, 0.717) is 10.8 Å². The van der Waals surface area contributed by atoms with E-state index in [-0.39, 0.29) is 21.9 Å². The summed E-state index contributed by atoms with van der Waals surface area (Å²) in [5.74, 6) is 0. The topological polar surface area (TPSA) is 0 Å². The van der Waals surface area contributed by atoms with Gasteiger partial charge in [-0.15, -0.1) is 0 Å². The van der Waals surface area contributed by atoms with Crippen LogP contribution in [0.15, 0.2) is 181 Å². The fourth-order valence-corrected chi connectivity index (χ4v) is 5.65. The Kier molecular flexibility index (Phi) is 2.86. The predicted molar refractivity (Wildman–Crippen MR) is 198 cm³/mol. The number of rotatable bonds is 4. The number of benzene rings is 9. The molecular formula is C46H30. The van der Waals surface area contributed by atoms with Crippen molar-refractivity contribution < 1.29 is 31.5 Å². The van der Waals surface area contributed by atoms with E-state index >= 15 is 0 Å². The first-order valence-electron chi connectivity index (χ1n) is 25.6. The molecule has 9 aromatic carbocycles. The Bertz CT molecular complexity index is 3810. The Morgan fingerprint density at radius 2 is 0.891 bits per heavy atom. The van der Waals surface area contributed by atoms with Crippen molar-refractivity contribution in [2.24, 2.45) is 0 Å². The molecule has 0 aliphatic heterocycles. The molecule has 0 aliphatic carbocycles. The zero-order chi connectivity index (χ0) is 50.5. The van der Waals surface area contributed by atoms with E-state index in [1.807, 2.05) is 0 Å². The first-order chi connectivity index (χ1) is 32.4. The summed E-state index contributed by atoms with van der Waals surface area (Å²) in [5.41, 5.74) is -4.05. The Morgan fingerprint density at radius 3 is 1.74 bits per heavy atom. The van der Waals surface area contributed by atoms with Gasteiger partial charge in [0.25, 0.3) is 0 Å². The highest BCUT2D eigenvalue weighted by Gasteiger charge is 2.19. The van der Waals surface area contributed by atoms with Crippen LogP contribution in [0.1, 0.15) is 31.5 Å². The van der Waals surface area contributed by atoms with E-state index in [1.54, 1.807) is 42.5 Å². The van der Waals surface area contributed by atoms with Crippen LogP contribution in [0.25, 0.3) is 87.6 Å². The van der Waals surface area contributed by atoms with Gasteiger partial charge in [-0.25, -0.2) is 0 Å². The molecule has 0 saturated carbocycles. The minimum absolute atomic E-state index is 0.111. The second-order valence-electron chi connectivity index (χ2n) is 10.3. The van der Waals surface area contributed by atoms with Gasteiger partial charge in [0, 0.05) is 0 Å².